The molecule has 0 saturated heterocycles. The third-order valence-corrected chi connectivity index (χ3v) is 6.97. The average molecular weight is 481 g/mol. The van der Waals surface area contributed by atoms with Crippen LogP contribution >= 0.6 is 11.8 Å². The molecule has 0 saturated carbocycles. The minimum Gasteiger partial charge on any atom is -0.493 e. The zero-order chi connectivity index (χ0) is 23.4. The summed E-state index contributed by atoms with van der Waals surface area (Å²) in [6.07, 6.45) is 0. The Kier molecular flexibility index (Phi) is 6.83. The van der Waals surface area contributed by atoms with Gasteiger partial charge in [-0.25, -0.2) is 13.6 Å². The van der Waals surface area contributed by atoms with E-state index in [2.05, 4.69) is 46.8 Å². The number of nitrogens with zero attached hydrogens (tertiary/aromatic N) is 3. The van der Waals surface area contributed by atoms with Crippen LogP contribution in [0.4, 0.5) is 0 Å². The second-order valence-electron chi connectivity index (χ2n) is 7.49. The first-order valence-corrected chi connectivity index (χ1v) is 12.8. The Balaban J connectivity index is 1.52. The Labute approximate surface area is 197 Å². The van der Waals surface area contributed by atoms with Gasteiger partial charge in [0.15, 0.2) is 11.0 Å². The Morgan fingerprint density at radius 2 is 1.67 bits per heavy atom. The van der Waals surface area contributed by atoms with Crippen LogP contribution in [0, 0.1) is 13.8 Å². The number of hydrogen-bond donors (Lipinski definition) is 1. The number of thioether (sulfide) groups is 1. The molecular weight excluding hydrogens is 456 g/mol. The van der Waals surface area contributed by atoms with Crippen molar-refractivity contribution in [3.8, 4) is 22.8 Å². The van der Waals surface area contributed by atoms with E-state index in [-0.39, 0.29) is 4.90 Å². The smallest absolute Gasteiger partial charge is 0.238 e. The molecule has 4 aromatic rings. The van der Waals surface area contributed by atoms with E-state index in [0.717, 1.165) is 22.2 Å². The lowest BCUT2D eigenvalue weighted by Gasteiger charge is -2.12. The summed E-state index contributed by atoms with van der Waals surface area (Å²) in [5.74, 6) is 1.98. The van der Waals surface area contributed by atoms with Crippen LogP contribution in [0.3, 0.4) is 0 Å². The molecule has 9 heteroatoms. The monoisotopic (exact) mass is 480 g/mol. The molecule has 0 aliphatic carbocycles. The maximum atomic E-state index is 11.4. The number of nitrogens with two attached hydrogens (primary N) is 1. The van der Waals surface area contributed by atoms with Gasteiger partial charge in [-0.15, -0.1) is 10.2 Å². The van der Waals surface area contributed by atoms with Gasteiger partial charge in [-0.05, 0) is 61.4 Å². The van der Waals surface area contributed by atoms with Crippen molar-refractivity contribution < 1.29 is 13.2 Å². The predicted octanol–water partition coefficient (Wildman–Crippen LogP) is 4.37. The van der Waals surface area contributed by atoms with Crippen LogP contribution in [0.5, 0.6) is 5.75 Å². The molecule has 0 amide bonds. The summed E-state index contributed by atoms with van der Waals surface area (Å²) in [5.41, 5.74) is 4.41. The molecule has 170 valence electrons. The first-order valence-electron chi connectivity index (χ1n) is 10.3. The summed E-state index contributed by atoms with van der Waals surface area (Å²) in [6.45, 7) is 4.60. The zero-order valence-electron chi connectivity index (χ0n) is 18.3. The van der Waals surface area contributed by atoms with E-state index < -0.39 is 10.0 Å². The lowest BCUT2D eigenvalue weighted by molar-refractivity contribution is 0.343. The second kappa shape index (κ2) is 9.78. The van der Waals surface area contributed by atoms with Gasteiger partial charge in [-0.1, -0.05) is 48.2 Å². The number of ether oxygens (including phenoxy) is 1. The van der Waals surface area contributed by atoms with Crippen LogP contribution in [0.1, 0.15) is 11.1 Å². The van der Waals surface area contributed by atoms with Crippen molar-refractivity contribution in [1.29, 1.82) is 0 Å². The minimum absolute atomic E-state index is 0.0548. The largest absolute Gasteiger partial charge is 0.493 e. The highest BCUT2D eigenvalue weighted by Gasteiger charge is 2.16. The van der Waals surface area contributed by atoms with Crippen molar-refractivity contribution in [3.63, 3.8) is 0 Å². The second-order valence-corrected chi connectivity index (χ2v) is 10.1. The van der Waals surface area contributed by atoms with E-state index in [9.17, 15) is 8.42 Å². The molecule has 33 heavy (non-hydrogen) atoms. The molecule has 2 N–H and O–H groups in total. The zero-order valence-corrected chi connectivity index (χ0v) is 19.9. The molecule has 0 atom stereocenters. The third kappa shape index (κ3) is 5.44. The van der Waals surface area contributed by atoms with Crippen LogP contribution < -0.4 is 9.88 Å². The first kappa shape index (κ1) is 23.0. The highest BCUT2D eigenvalue weighted by Crippen LogP contribution is 2.29. The summed E-state index contributed by atoms with van der Waals surface area (Å²) in [6, 6.07) is 22.3. The Bertz CT molecular complexity index is 1350. The standard InChI is InChI=1S/C24H24N4O3S2/c1-17-8-9-20(16-18(17)2)28-23(19-6-4-3-5-7-19)26-27-24(28)32-15-14-31-21-10-12-22(13-11-21)33(25,29)30/h3-13,16H,14-15H2,1-2H3,(H2,25,29,30). The summed E-state index contributed by atoms with van der Waals surface area (Å²) < 4.78 is 30.6. The quantitative estimate of drug-likeness (QED) is 0.297. The molecule has 3 aromatic carbocycles. The summed E-state index contributed by atoms with van der Waals surface area (Å²) >= 11 is 1.54. The summed E-state index contributed by atoms with van der Waals surface area (Å²) in [5, 5.41) is 14.8. The lowest BCUT2D eigenvalue weighted by atomic mass is 10.1. The third-order valence-electron chi connectivity index (χ3n) is 5.15. The highest BCUT2D eigenvalue weighted by molar-refractivity contribution is 7.99. The molecule has 4 rings (SSSR count). The van der Waals surface area contributed by atoms with Crippen molar-refractivity contribution in [2.24, 2.45) is 5.14 Å². The van der Waals surface area contributed by atoms with E-state index in [0.29, 0.717) is 18.1 Å². The number of sulfonamides is 1. The van der Waals surface area contributed by atoms with E-state index in [1.165, 1.54) is 23.3 Å². The first-order chi connectivity index (χ1) is 15.8. The van der Waals surface area contributed by atoms with E-state index in [1.54, 1.807) is 23.9 Å². The molecular formula is C24H24N4O3S2. The number of aromatic nitrogens is 3. The SMILES string of the molecule is Cc1ccc(-n2c(SCCOc3ccc(S(N)(=O)=O)cc3)nnc2-c2ccccc2)cc1C. The molecule has 7 nitrogen and oxygen atoms in total. The summed E-state index contributed by atoms with van der Waals surface area (Å²) in [7, 11) is -3.72. The number of rotatable bonds is 8. The molecule has 0 fully saturated rings. The molecule has 1 heterocycles. The Morgan fingerprint density at radius 3 is 2.33 bits per heavy atom. The van der Waals surface area contributed by atoms with Gasteiger partial charge >= 0.3 is 0 Å². The molecule has 0 aliphatic heterocycles. The fourth-order valence-electron chi connectivity index (χ4n) is 3.25. The van der Waals surface area contributed by atoms with Crippen molar-refractivity contribution in [2.45, 2.75) is 23.9 Å². The van der Waals surface area contributed by atoms with Gasteiger partial charge < -0.3 is 4.74 Å². The maximum absolute atomic E-state index is 11.4. The van der Waals surface area contributed by atoms with Gasteiger partial charge in [0.05, 0.1) is 17.2 Å². The fourth-order valence-corrected chi connectivity index (χ4v) is 4.54. The van der Waals surface area contributed by atoms with Crippen LogP contribution in [-0.2, 0) is 10.0 Å². The van der Waals surface area contributed by atoms with Crippen molar-refractivity contribution in [2.75, 3.05) is 12.4 Å². The normalized spacial score (nSPS) is 11.5. The highest BCUT2D eigenvalue weighted by atomic mass is 32.2. The van der Waals surface area contributed by atoms with Crippen molar-refractivity contribution in [3.05, 3.63) is 83.9 Å². The van der Waals surface area contributed by atoms with Gasteiger partial charge in [-0.3, -0.25) is 4.57 Å². The predicted molar refractivity (Wildman–Crippen MR) is 130 cm³/mol. The van der Waals surface area contributed by atoms with E-state index in [1.807, 2.05) is 30.3 Å². The maximum Gasteiger partial charge on any atom is 0.238 e. The van der Waals surface area contributed by atoms with E-state index >= 15 is 0 Å². The van der Waals surface area contributed by atoms with Crippen molar-refractivity contribution >= 4 is 21.8 Å². The van der Waals surface area contributed by atoms with Gasteiger partial charge in [0.1, 0.15) is 5.75 Å². The van der Waals surface area contributed by atoms with Gasteiger partial charge in [0, 0.05) is 11.3 Å². The molecule has 0 bridgehead atoms. The minimum atomic E-state index is -3.72. The van der Waals surface area contributed by atoms with Crippen LogP contribution in [0.25, 0.3) is 17.1 Å². The Morgan fingerprint density at radius 1 is 0.939 bits per heavy atom. The molecule has 1 aromatic heterocycles. The number of benzene rings is 3. The number of primary sulfonamides is 1. The van der Waals surface area contributed by atoms with Gasteiger partial charge in [0.2, 0.25) is 10.0 Å². The number of aryl methyl sites for hydroxylation is 2. The number of hydrogen-bond acceptors (Lipinski definition) is 6. The summed E-state index contributed by atoms with van der Waals surface area (Å²) in [4.78, 5) is 0.0548. The van der Waals surface area contributed by atoms with Gasteiger partial charge in [0.25, 0.3) is 0 Å². The van der Waals surface area contributed by atoms with E-state index in [4.69, 9.17) is 9.88 Å². The topological polar surface area (TPSA) is 100 Å². The van der Waals surface area contributed by atoms with Gasteiger partial charge in [-0.2, -0.15) is 0 Å². The average Bonchev–Trinajstić information content (AvgIpc) is 3.23. The lowest BCUT2D eigenvalue weighted by Crippen LogP contribution is -2.11. The molecule has 0 spiro atoms. The molecule has 0 unspecified atom stereocenters. The van der Waals surface area contributed by atoms with Crippen LogP contribution in [-0.4, -0.2) is 35.5 Å². The van der Waals surface area contributed by atoms with Crippen LogP contribution in [0.15, 0.2) is 82.8 Å². The molecule has 0 aliphatic rings. The fraction of sp³-hybridized carbons (Fsp3) is 0.167. The van der Waals surface area contributed by atoms with Crippen molar-refractivity contribution in [1.82, 2.24) is 14.8 Å². The molecule has 0 radical (unpaired) electrons. The van der Waals surface area contributed by atoms with Crippen LogP contribution in [0.2, 0.25) is 0 Å². The Hall–Kier alpha value is -3.14.